The second-order valence-corrected chi connectivity index (χ2v) is 5.15. The van der Waals surface area contributed by atoms with Crippen molar-refractivity contribution in [2.24, 2.45) is 0 Å². The Morgan fingerprint density at radius 2 is 1.53 bits per heavy atom. The number of hydrogen-bond acceptors (Lipinski definition) is 3. The summed E-state index contributed by atoms with van der Waals surface area (Å²) in [7, 11) is 0. The Hall–Kier alpha value is -1.35. The van der Waals surface area contributed by atoms with Gasteiger partial charge in [0, 0.05) is 17.1 Å². The molecule has 1 aromatic carbocycles. The van der Waals surface area contributed by atoms with Gasteiger partial charge in [-0.05, 0) is 32.4 Å². The van der Waals surface area contributed by atoms with Crippen molar-refractivity contribution >= 4 is 11.8 Å². The van der Waals surface area contributed by atoms with Crippen molar-refractivity contribution < 1.29 is 0 Å². The van der Waals surface area contributed by atoms with Crippen LogP contribution in [0.25, 0.3) is 0 Å². The van der Waals surface area contributed by atoms with Gasteiger partial charge in [0.1, 0.15) is 0 Å². The van der Waals surface area contributed by atoms with Gasteiger partial charge in [-0.2, -0.15) is 0 Å². The van der Waals surface area contributed by atoms with Crippen LogP contribution >= 0.6 is 11.8 Å². The van der Waals surface area contributed by atoms with E-state index in [9.17, 15) is 0 Å². The maximum Gasteiger partial charge on any atom is 0.188 e. The van der Waals surface area contributed by atoms with Crippen LogP contribution in [-0.4, -0.2) is 9.97 Å². The van der Waals surface area contributed by atoms with Crippen molar-refractivity contribution in [3.63, 3.8) is 0 Å². The number of benzene rings is 1. The van der Waals surface area contributed by atoms with Crippen LogP contribution in [-0.2, 0) is 5.75 Å². The molecule has 1 aromatic heterocycles. The van der Waals surface area contributed by atoms with E-state index in [0.717, 1.165) is 22.3 Å². The lowest BCUT2D eigenvalue weighted by atomic mass is 10.2. The van der Waals surface area contributed by atoms with Crippen LogP contribution in [0.2, 0.25) is 0 Å². The third-order valence-corrected chi connectivity index (χ3v) is 3.37. The Morgan fingerprint density at radius 1 is 0.941 bits per heavy atom. The lowest BCUT2D eigenvalue weighted by molar-refractivity contribution is 0.902. The topological polar surface area (TPSA) is 25.8 Å². The van der Waals surface area contributed by atoms with Gasteiger partial charge in [0.2, 0.25) is 0 Å². The largest absolute Gasteiger partial charge is 0.228 e. The minimum atomic E-state index is 0.864. The van der Waals surface area contributed by atoms with Crippen molar-refractivity contribution in [3.05, 3.63) is 52.8 Å². The molecule has 2 aromatic rings. The zero-order valence-corrected chi connectivity index (χ0v) is 11.2. The van der Waals surface area contributed by atoms with Gasteiger partial charge in [-0.25, -0.2) is 9.97 Å². The Morgan fingerprint density at radius 3 is 2.12 bits per heavy atom. The highest BCUT2D eigenvalue weighted by Crippen LogP contribution is 2.19. The van der Waals surface area contributed by atoms with Crippen LogP contribution < -0.4 is 0 Å². The fourth-order valence-electron chi connectivity index (χ4n) is 1.59. The van der Waals surface area contributed by atoms with Crippen LogP contribution in [0.1, 0.15) is 22.5 Å². The second kappa shape index (κ2) is 5.32. The van der Waals surface area contributed by atoms with Crippen molar-refractivity contribution in [1.29, 1.82) is 0 Å². The lowest BCUT2D eigenvalue weighted by Crippen LogP contribution is -1.93. The number of nitrogens with zero attached hydrogens (tertiary/aromatic N) is 2. The molecule has 0 aliphatic carbocycles. The Bertz CT molecular complexity index is 486. The highest BCUT2D eigenvalue weighted by molar-refractivity contribution is 7.98. The number of aromatic nitrogens is 2. The highest BCUT2D eigenvalue weighted by atomic mass is 32.2. The number of thioether (sulfide) groups is 1. The average molecular weight is 244 g/mol. The molecule has 2 nitrogen and oxygen atoms in total. The van der Waals surface area contributed by atoms with Gasteiger partial charge in [-0.1, -0.05) is 41.6 Å². The number of aryl methyl sites for hydroxylation is 3. The molecule has 0 bridgehead atoms. The van der Waals surface area contributed by atoms with E-state index in [-0.39, 0.29) is 0 Å². The van der Waals surface area contributed by atoms with Gasteiger partial charge >= 0.3 is 0 Å². The third kappa shape index (κ3) is 3.56. The molecule has 1 heterocycles. The molecular formula is C14H16N2S. The van der Waals surface area contributed by atoms with E-state index >= 15 is 0 Å². The average Bonchev–Trinajstić information content (AvgIpc) is 2.27. The molecule has 0 saturated heterocycles. The fourth-order valence-corrected chi connectivity index (χ4v) is 2.50. The van der Waals surface area contributed by atoms with E-state index in [1.54, 1.807) is 11.8 Å². The normalized spacial score (nSPS) is 10.5. The maximum atomic E-state index is 4.42. The summed E-state index contributed by atoms with van der Waals surface area (Å²) in [4.78, 5) is 8.84. The minimum Gasteiger partial charge on any atom is -0.228 e. The lowest BCUT2D eigenvalue weighted by Gasteiger charge is -2.03. The Labute approximate surface area is 107 Å². The molecule has 0 radical (unpaired) electrons. The van der Waals surface area contributed by atoms with Gasteiger partial charge in [-0.15, -0.1) is 0 Å². The van der Waals surface area contributed by atoms with Gasteiger partial charge < -0.3 is 0 Å². The third-order valence-electron chi connectivity index (χ3n) is 2.45. The molecule has 0 amide bonds. The minimum absolute atomic E-state index is 0.864. The number of rotatable bonds is 3. The van der Waals surface area contributed by atoms with Crippen LogP contribution in [0.5, 0.6) is 0 Å². The van der Waals surface area contributed by atoms with Gasteiger partial charge in [-0.3, -0.25) is 0 Å². The van der Waals surface area contributed by atoms with Gasteiger partial charge in [0.25, 0.3) is 0 Å². The van der Waals surface area contributed by atoms with E-state index in [4.69, 9.17) is 0 Å². The Balaban J connectivity index is 2.04. The summed E-state index contributed by atoms with van der Waals surface area (Å²) in [6.07, 6.45) is 0. The molecule has 3 heteroatoms. The van der Waals surface area contributed by atoms with E-state index < -0.39 is 0 Å². The smallest absolute Gasteiger partial charge is 0.188 e. The van der Waals surface area contributed by atoms with Crippen LogP contribution in [0.3, 0.4) is 0 Å². The summed E-state index contributed by atoms with van der Waals surface area (Å²) < 4.78 is 0. The predicted molar refractivity (Wildman–Crippen MR) is 72.2 cm³/mol. The second-order valence-electron chi connectivity index (χ2n) is 4.21. The summed E-state index contributed by atoms with van der Waals surface area (Å²) in [5.41, 5.74) is 4.66. The van der Waals surface area contributed by atoms with Crippen molar-refractivity contribution in [2.75, 3.05) is 0 Å². The molecular weight excluding hydrogens is 228 g/mol. The fraction of sp³-hybridized carbons (Fsp3) is 0.286. The first-order valence-electron chi connectivity index (χ1n) is 5.64. The summed E-state index contributed by atoms with van der Waals surface area (Å²) in [6.45, 7) is 6.11. The SMILES string of the molecule is Cc1ccc(CSc2nc(C)cc(C)n2)cc1. The monoisotopic (exact) mass is 244 g/mol. The highest BCUT2D eigenvalue weighted by Gasteiger charge is 2.01. The summed E-state index contributed by atoms with van der Waals surface area (Å²) in [5.74, 6) is 0.920. The van der Waals surface area contributed by atoms with Crippen LogP contribution in [0.15, 0.2) is 35.5 Å². The molecule has 0 N–H and O–H groups in total. The molecule has 88 valence electrons. The summed E-state index contributed by atoms with van der Waals surface area (Å²) in [5, 5.41) is 0.864. The maximum absolute atomic E-state index is 4.42. The van der Waals surface area contributed by atoms with Gasteiger partial charge in [0.05, 0.1) is 0 Å². The quantitative estimate of drug-likeness (QED) is 0.608. The zero-order valence-electron chi connectivity index (χ0n) is 10.4. The van der Waals surface area contributed by atoms with E-state index in [0.29, 0.717) is 0 Å². The predicted octanol–water partition coefficient (Wildman–Crippen LogP) is 3.69. The summed E-state index contributed by atoms with van der Waals surface area (Å²) in [6, 6.07) is 10.6. The first-order chi connectivity index (χ1) is 8.13. The molecule has 0 aliphatic heterocycles. The number of hydrogen-bond donors (Lipinski definition) is 0. The van der Waals surface area contributed by atoms with E-state index in [1.807, 2.05) is 19.9 Å². The zero-order chi connectivity index (χ0) is 12.3. The molecule has 0 unspecified atom stereocenters. The first-order valence-corrected chi connectivity index (χ1v) is 6.63. The molecule has 2 rings (SSSR count). The summed E-state index contributed by atoms with van der Waals surface area (Å²) >= 11 is 1.69. The molecule has 17 heavy (non-hydrogen) atoms. The first kappa shape index (κ1) is 12.1. The van der Waals surface area contributed by atoms with Crippen LogP contribution in [0.4, 0.5) is 0 Å². The van der Waals surface area contributed by atoms with Crippen molar-refractivity contribution in [2.45, 2.75) is 31.7 Å². The molecule has 0 fully saturated rings. The molecule has 0 spiro atoms. The van der Waals surface area contributed by atoms with Gasteiger partial charge in [0.15, 0.2) is 5.16 Å². The van der Waals surface area contributed by atoms with E-state index in [1.165, 1.54) is 11.1 Å². The van der Waals surface area contributed by atoms with Crippen LogP contribution in [0, 0.1) is 20.8 Å². The van der Waals surface area contributed by atoms with E-state index in [2.05, 4.69) is 41.2 Å². The molecule has 0 aliphatic rings. The molecule has 0 saturated carbocycles. The van der Waals surface area contributed by atoms with Crippen molar-refractivity contribution in [1.82, 2.24) is 9.97 Å². The molecule has 0 atom stereocenters. The van der Waals surface area contributed by atoms with Crippen molar-refractivity contribution in [3.8, 4) is 0 Å². The Kier molecular flexibility index (Phi) is 3.79. The standard InChI is InChI=1S/C14H16N2S/c1-10-4-6-13(7-5-10)9-17-14-15-11(2)8-12(3)16-14/h4-8H,9H2,1-3H3.